The SMILES string of the molecule is COc1c(NS(=O)(=O)c2csc(-c3ccc(F)cc3)n2)ccc(C(=O)O)c1F. The van der Waals surface area contributed by atoms with Crippen LogP contribution in [0, 0.1) is 11.6 Å². The fourth-order valence-corrected chi connectivity index (χ4v) is 4.47. The molecule has 7 nitrogen and oxygen atoms in total. The highest BCUT2D eigenvalue weighted by Crippen LogP contribution is 2.33. The number of carbonyl (C=O) groups is 1. The number of carboxylic acids is 1. The van der Waals surface area contributed by atoms with Crippen LogP contribution in [0.15, 0.2) is 46.8 Å². The summed E-state index contributed by atoms with van der Waals surface area (Å²) in [5.74, 6) is -3.72. The average molecular weight is 426 g/mol. The van der Waals surface area contributed by atoms with Crippen LogP contribution in [0.3, 0.4) is 0 Å². The van der Waals surface area contributed by atoms with Gasteiger partial charge in [-0.25, -0.2) is 18.6 Å². The predicted molar refractivity (Wildman–Crippen MR) is 98.2 cm³/mol. The maximum Gasteiger partial charge on any atom is 0.338 e. The molecule has 0 aliphatic rings. The van der Waals surface area contributed by atoms with Gasteiger partial charge in [-0.05, 0) is 36.4 Å². The van der Waals surface area contributed by atoms with Crippen LogP contribution in [0.1, 0.15) is 10.4 Å². The molecule has 0 bridgehead atoms. The first-order valence-electron chi connectivity index (χ1n) is 7.57. The molecule has 0 aliphatic carbocycles. The molecule has 28 heavy (non-hydrogen) atoms. The van der Waals surface area contributed by atoms with E-state index in [9.17, 15) is 22.0 Å². The van der Waals surface area contributed by atoms with Crippen LogP contribution in [-0.2, 0) is 10.0 Å². The van der Waals surface area contributed by atoms with Crippen molar-refractivity contribution in [3.8, 4) is 16.3 Å². The van der Waals surface area contributed by atoms with Crippen molar-refractivity contribution in [2.75, 3.05) is 11.8 Å². The summed E-state index contributed by atoms with van der Waals surface area (Å²) in [5.41, 5.74) is -0.407. The van der Waals surface area contributed by atoms with Crippen LogP contribution in [-0.4, -0.2) is 31.6 Å². The first-order valence-corrected chi connectivity index (χ1v) is 9.93. The van der Waals surface area contributed by atoms with Gasteiger partial charge in [-0.15, -0.1) is 11.3 Å². The predicted octanol–water partition coefficient (Wildman–Crippen LogP) is 3.60. The normalized spacial score (nSPS) is 11.2. The van der Waals surface area contributed by atoms with Gasteiger partial charge >= 0.3 is 5.97 Å². The van der Waals surface area contributed by atoms with E-state index in [0.29, 0.717) is 10.6 Å². The van der Waals surface area contributed by atoms with Gasteiger partial charge in [-0.3, -0.25) is 4.72 Å². The molecule has 0 saturated carbocycles. The van der Waals surface area contributed by atoms with Crippen molar-refractivity contribution in [3.05, 3.63) is 59.0 Å². The van der Waals surface area contributed by atoms with Crippen LogP contribution < -0.4 is 9.46 Å². The van der Waals surface area contributed by atoms with Crippen LogP contribution in [0.25, 0.3) is 10.6 Å². The summed E-state index contributed by atoms with van der Waals surface area (Å²) < 4.78 is 59.4. The van der Waals surface area contributed by atoms with E-state index in [4.69, 9.17) is 9.84 Å². The number of nitrogens with one attached hydrogen (secondary N) is 1. The lowest BCUT2D eigenvalue weighted by Gasteiger charge is -2.12. The molecule has 0 unspecified atom stereocenters. The highest BCUT2D eigenvalue weighted by atomic mass is 32.2. The summed E-state index contributed by atoms with van der Waals surface area (Å²) in [6.07, 6.45) is 0. The number of sulfonamides is 1. The Hall–Kier alpha value is -3.05. The van der Waals surface area contributed by atoms with E-state index < -0.39 is 38.9 Å². The lowest BCUT2D eigenvalue weighted by atomic mass is 10.2. The van der Waals surface area contributed by atoms with Gasteiger partial charge in [-0.2, -0.15) is 8.42 Å². The highest BCUT2D eigenvalue weighted by Gasteiger charge is 2.24. The molecule has 11 heteroatoms. The van der Waals surface area contributed by atoms with Gasteiger partial charge in [0.15, 0.2) is 16.6 Å². The molecular weight excluding hydrogens is 414 g/mol. The third-order valence-electron chi connectivity index (χ3n) is 3.63. The topological polar surface area (TPSA) is 106 Å². The number of hydrogen-bond donors (Lipinski definition) is 2. The van der Waals surface area contributed by atoms with E-state index in [1.807, 2.05) is 0 Å². The van der Waals surface area contributed by atoms with Crippen LogP contribution in [0.2, 0.25) is 0 Å². The van der Waals surface area contributed by atoms with Gasteiger partial charge in [0.05, 0.1) is 18.4 Å². The molecule has 0 spiro atoms. The van der Waals surface area contributed by atoms with Gasteiger partial charge < -0.3 is 9.84 Å². The van der Waals surface area contributed by atoms with E-state index in [-0.39, 0.29) is 10.7 Å². The van der Waals surface area contributed by atoms with Crippen molar-refractivity contribution < 1.29 is 31.8 Å². The summed E-state index contributed by atoms with van der Waals surface area (Å²) in [6, 6.07) is 7.36. The van der Waals surface area contributed by atoms with Crippen molar-refractivity contribution in [2.24, 2.45) is 0 Å². The second kappa shape index (κ2) is 7.52. The molecule has 2 N–H and O–H groups in total. The minimum absolute atomic E-state index is 0.277. The lowest BCUT2D eigenvalue weighted by molar-refractivity contribution is 0.0691. The van der Waals surface area contributed by atoms with Crippen LogP contribution in [0.5, 0.6) is 5.75 Å². The minimum Gasteiger partial charge on any atom is -0.492 e. The first kappa shape index (κ1) is 19.7. The maximum absolute atomic E-state index is 14.2. The monoisotopic (exact) mass is 426 g/mol. The number of rotatable bonds is 6. The standard InChI is InChI=1S/C17H12F2N2O5S2/c1-26-15-12(7-6-11(14(15)19)17(22)23)21-28(24,25)13-8-27-16(20-13)9-2-4-10(18)5-3-9/h2-8,21H,1H3,(H,22,23). The third kappa shape index (κ3) is 3.80. The Labute approximate surface area is 162 Å². The molecule has 146 valence electrons. The number of hydrogen-bond acceptors (Lipinski definition) is 6. The molecule has 0 amide bonds. The zero-order valence-electron chi connectivity index (χ0n) is 14.1. The molecule has 0 fully saturated rings. The number of benzene rings is 2. The zero-order valence-corrected chi connectivity index (χ0v) is 15.8. The largest absolute Gasteiger partial charge is 0.492 e. The Morgan fingerprint density at radius 1 is 1.18 bits per heavy atom. The Kier molecular flexibility index (Phi) is 5.29. The Bertz CT molecular complexity index is 1140. The first-order chi connectivity index (χ1) is 13.2. The van der Waals surface area contributed by atoms with E-state index in [1.165, 1.54) is 29.6 Å². The number of anilines is 1. The molecule has 2 aromatic carbocycles. The molecule has 0 aliphatic heterocycles. The second-order valence-electron chi connectivity index (χ2n) is 5.42. The molecule has 3 rings (SSSR count). The van der Waals surface area contributed by atoms with Gasteiger partial charge in [-0.1, -0.05) is 0 Å². The van der Waals surface area contributed by atoms with Gasteiger partial charge in [0.1, 0.15) is 10.8 Å². The van der Waals surface area contributed by atoms with Crippen LogP contribution >= 0.6 is 11.3 Å². The number of halogens is 2. The van der Waals surface area contributed by atoms with E-state index in [2.05, 4.69) is 9.71 Å². The number of thiazole rings is 1. The number of methoxy groups -OCH3 is 1. The summed E-state index contributed by atoms with van der Waals surface area (Å²) in [6.45, 7) is 0. The Balaban J connectivity index is 1.94. The lowest BCUT2D eigenvalue weighted by Crippen LogP contribution is -2.15. The number of aromatic carboxylic acids is 1. The Morgan fingerprint density at radius 3 is 2.46 bits per heavy atom. The van der Waals surface area contributed by atoms with E-state index in [0.717, 1.165) is 30.6 Å². The van der Waals surface area contributed by atoms with Crippen molar-refractivity contribution >= 4 is 33.0 Å². The number of aromatic nitrogens is 1. The molecule has 0 radical (unpaired) electrons. The van der Waals surface area contributed by atoms with E-state index >= 15 is 0 Å². The summed E-state index contributed by atoms with van der Waals surface area (Å²) >= 11 is 1.03. The van der Waals surface area contributed by atoms with Gasteiger partial charge in [0, 0.05) is 10.9 Å². The maximum atomic E-state index is 14.2. The number of ether oxygens (including phenoxy) is 1. The van der Waals surface area contributed by atoms with E-state index in [1.54, 1.807) is 0 Å². The molecular formula is C17H12F2N2O5S2. The fraction of sp³-hybridized carbons (Fsp3) is 0.0588. The summed E-state index contributed by atoms with van der Waals surface area (Å²) in [5, 5.41) is 10.2. The molecule has 1 aromatic heterocycles. The van der Waals surface area contributed by atoms with Crippen molar-refractivity contribution in [1.29, 1.82) is 0 Å². The smallest absolute Gasteiger partial charge is 0.338 e. The van der Waals surface area contributed by atoms with Crippen molar-refractivity contribution in [1.82, 2.24) is 4.98 Å². The molecule has 0 atom stereocenters. The van der Waals surface area contributed by atoms with Gasteiger partial charge in [0.2, 0.25) is 0 Å². The third-order valence-corrected chi connectivity index (χ3v) is 5.91. The number of nitrogens with zero attached hydrogens (tertiary/aromatic N) is 1. The molecule has 0 saturated heterocycles. The quantitative estimate of drug-likeness (QED) is 0.624. The minimum atomic E-state index is -4.21. The second-order valence-corrected chi connectivity index (χ2v) is 7.90. The molecule has 3 aromatic rings. The number of carboxylic acid groups (broad SMARTS) is 1. The summed E-state index contributed by atoms with van der Waals surface area (Å²) in [4.78, 5) is 15.0. The van der Waals surface area contributed by atoms with Crippen LogP contribution in [0.4, 0.5) is 14.5 Å². The van der Waals surface area contributed by atoms with Gasteiger partial charge in [0.25, 0.3) is 10.0 Å². The van der Waals surface area contributed by atoms with Crippen molar-refractivity contribution in [2.45, 2.75) is 5.03 Å². The molecule has 1 heterocycles. The highest BCUT2D eigenvalue weighted by molar-refractivity contribution is 7.92. The fourth-order valence-electron chi connectivity index (χ4n) is 2.31. The average Bonchev–Trinajstić information content (AvgIpc) is 3.13. The Morgan fingerprint density at radius 2 is 1.86 bits per heavy atom. The summed E-state index contributed by atoms with van der Waals surface area (Å²) in [7, 11) is -3.13. The zero-order chi connectivity index (χ0) is 20.5. The van der Waals surface area contributed by atoms with Crippen molar-refractivity contribution in [3.63, 3.8) is 0 Å².